The number of aliphatic hydroxyl groups excluding tert-OH is 1. The molecule has 1 N–H and O–H groups in total. The third-order valence-corrected chi connectivity index (χ3v) is 2.50. The van der Waals surface area contributed by atoms with E-state index in [0.29, 0.717) is 5.69 Å². The van der Waals surface area contributed by atoms with Crippen molar-refractivity contribution < 1.29 is 5.11 Å². The number of aryl methyl sites for hydroxylation is 2. The van der Waals surface area contributed by atoms with Crippen molar-refractivity contribution in [2.75, 3.05) is 0 Å². The van der Waals surface area contributed by atoms with Crippen LogP contribution in [0.1, 0.15) is 30.8 Å². The van der Waals surface area contributed by atoms with Gasteiger partial charge in [-0.3, -0.25) is 0 Å². The van der Waals surface area contributed by atoms with Crippen LogP contribution in [-0.4, -0.2) is 29.7 Å². The van der Waals surface area contributed by atoms with E-state index in [9.17, 15) is 5.11 Å². The first-order valence-electron chi connectivity index (χ1n) is 5.26. The van der Waals surface area contributed by atoms with Crippen LogP contribution in [0.3, 0.4) is 0 Å². The minimum Gasteiger partial charge on any atom is -0.380 e. The molecular weight excluding hydrogens is 206 g/mol. The van der Waals surface area contributed by atoms with Crippen LogP contribution in [0.25, 0.3) is 0 Å². The van der Waals surface area contributed by atoms with E-state index in [2.05, 4.69) is 22.2 Å². The van der Waals surface area contributed by atoms with Crippen molar-refractivity contribution in [1.82, 2.24) is 24.5 Å². The van der Waals surface area contributed by atoms with Gasteiger partial charge in [-0.2, -0.15) is 0 Å². The van der Waals surface area contributed by atoms with Crippen LogP contribution in [0.4, 0.5) is 0 Å². The highest BCUT2D eigenvalue weighted by Crippen LogP contribution is 2.19. The summed E-state index contributed by atoms with van der Waals surface area (Å²) >= 11 is 0. The first kappa shape index (κ1) is 10.8. The van der Waals surface area contributed by atoms with Crippen LogP contribution >= 0.6 is 0 Å². The molecule has 2 aromatic rings. The quantitative estimate of drug-likeness (QED) is 0.816. The molecule has 0 saturated carbocycles. The lowest BCUT2D eigenvalue weighted by atomic mass is 10.2. The fourth-order valence-corrected chi connectivity index (χ4v) is 1.65. The number of hydrogen-bond acceptors (Lipinski definition) is 4. The van der Waals surface area contributed by atoms with Crippen molar-refractivity contribution in [1.29, 1.82) is 0 Å². The van der Waals surface area contributed by atoms with Gasteiger partial charge in [-0.1, -0.05) is 12.1 Å². The number of hydrogen-bond donors (Lipinski definition) is 1. The highest BCUT2D eigenvalue weighted by Gasteiger charge is 2.18. The molecule has 0 aliphatic heterocycles. The van der Waals surface area contributed by atoms with E-state index in [4.69, 9.17) is 0 Å². The minimum atomic E-state index is -0.728. The molecular formula is C10H15N5O. The summed E-state index contributed by atoms with van der Waals surface area (Å²) in [5.74, 6) is 0. The molecule has 16 heavy (non-hydrogen) atoms. The summed E-state index contributed by atoms with van der Waals surface area (Å²) in [6, 6.07) is 0. The van der Waals surface area contributed by atoms with Crippen molar-refractivity contribution in [3.8, 4) is 0 Å². The van der Waals surface area contributed by atoms with Crippen molar-refractivity contribution >= 4 is 0 Å². The average Bonchev–Trinajstić information content (AvgIpc) is 2.87. The zero-order chi connectivity index (χ0) is 11.5. The summed E-state index contributed by atoms with van der Waals surface area (Å²) in [7, 11) is 1.85. The summed E-state index contributed by atoms with van der Waals surface area (Å²) in [5, 5.41) is 18.0. The van der Waals surface area contributed by atoms with Gasteiger partial charge in [0.05, 0.1) is 30.1 Å². The highest BCUT2D eigenvalue weighted by atomic mass is 16.3. The Labute approximate surface area is 93.5 Å². The maximum atomic E-state index is 10.2. The van der Waals surface area contributed by atoms with Crippen molar-refractivity contribution in [2.24, 2.45) is 7.05 Å². The molecule has 0 aromatic carbocycles. The Bertz CT molecular complexity index is 461. The van der Waals surface area contributed by atoms with Gasteiger partial charge in [0.25, 0.3) is 0 Å². The van der Waals surface area contributed by atoms with Gasteiger partial charge in [0.2, 0.25) is 0 Å². The summed E-state index contributed by atoms with van der Waals surface area (Å²) in [6.07, 6.45) is 5.12. The number of rotatable bonds is 4. The molecule has 0 radical (unpaired) electrons. The van der Waals surface area contributed by atoms with Crippen molar-refractivity contribution in [3.63, 3.8) is 0 Å². The smallest absolute Gasteiger partial charge is 0.139 e. The van der Waals surface area contributed by atoms with E-state index in [-0.39, 0.29) is 0 Å². The normalized spacial score (nSPS) is 12.9. The Hall–Kier alpha value is -1.69. The summed E-state index contributed by atoms with van der Waals surface area (Å²) in [4.78, 5) is 3.98. The molecule has 0 aliphatic rings. The third kappa shape index (κ3) is 1.83. The second-order valence-electron chi connectivity index (χ2n) is 3.71. The Morgan fingerprint density at radius 3 is 2.81 bits per heavy atom. The monoisotopic (exact) mass is 221 g/mol. The Morgan fingerprint density at radius 2 is 2.19 bits per heavy atom. The molecule has 0 fully saturated rings. The lowest BCUT2D eigenvalue weighted by Gasteiger charge is -2.12. The largest absolute Gasteiger partial charge is 0.380 e. The molecule has 2 aromatic heterocycles. The van der Waals surface area contributed by atoms with Gasteiger partial charge in [-0.15, -0.1) is 5.10 Å². The second kappa shape index (κ2) is 4.44. The lowest BCUT2D eigenvalue weighted by molar-refractivity contribution is 0.199. The zero-order valence-electron chi connectivity index (χ0n) is 9.41. The Kier molecular flexibility index (Phi) is 3.00. The molecule has 0 bridgehead atoms. The fraction of sp³-hybridized carbons (Fsp3) is 0.500. The van der Waals surface area contributed by atoms with E-state index in [1.165, 1.54) is 0 Å². The SMILES string of the molecule is CCCn1nncc1C(O)c1cncn1C. The average molecular weight is 221 g/mol. The summed E-state index contributed by atoms with van der Waals surface area (Å²) in [5.41, 5.74) is 1.44. The number of nitrogens with zero attached hydrogens (tertiary/aromatic N) is 5. The summed E-state index contributed by atoms with van der Waals surface area (Å²) in [6.45, 7) is 2.81. The van der Waals surface area contributed by atoms with Crippen molar-refractivity contribution in [2.45, 2.75) is 26.0 Å². The molecule has 0 spiro atoms. The second-order valence-corrected chi connectivity index (χ2v) is 3.71. The van der Waals surface area contributed by atoms with Crippen LogP contribution in [0, 0.1) is 0 Å². The topological polar surface area (TPSA) is 68.8 Å². The van der Waals surface area contributed by atoms with Gasteiger partial charge in [0.1, 0.15) is 6.10 Å². The molecule has 1 atom stereocenters. The van der Waals surface area contributed by atoms with Crippen LogP contribution in [0.2, 0.25) is 0 Å². The first-order chi connectivity index (χ1) is 7.74. The molecule has 0 saturated heterocycles. The van der Waals surface area contributed by atoms with E-state index in [0.717, 1.165) is 18.7 Å². The fourth-order valence-electron chi connectivity index (χ4n) is 1.65. The van der Waals surface area contributed by atoms with Gasteiger partial charge >= 0.3 is 0 Å². The highest BCUT2D eigenvalue weighted by molar-refractivity contribution is 5.15. The molecule has 1 unspecified atom stereocenters. The predicted octanol–water partition coefficient (Wildman–Crippen LogP) is 0.503. The molecule has 0 aliphatic carbocycles. The molecule has 6 nitrogen and oxygen atoms in total. The van der Waals surface area contributed by atoms with Gasteiger partial charge in [-0.25, -0.2) is 9.67 Å². The minimum absolute atomic E-state index is 0.699. The van der Waals surface area contributed by atoms with Crippen LogP contribution in [0.5, 0.6) is 0 Å². The van der Waals surface area contributed by atoms with E-state index < -0.39 is 6.10 Å². The maximum absolute atomic E-state index is 10.2. The van der Waals surface area contributed by atoms with E-state index >= 15 is 0 Å². The third-order valence-electron chi connectivity index (χ3n) is 2.50. The van der Waals surface area contributed by atoms with Crippen LogP contribution in [-0.2, 0) is 13.6 Å². The number of imidazole rings is 1. The van der Waals surface area contributed by atoms with Gasteiger partial charge in [0, 0.05) is 13.6 Å². The van der Waals surface area contributed by atoms with Gasteiger partial charge < -0.3 is 9.67 Å². The molecule has 86 valence electrons. The number of aromatic nitrogens is 5. The zero-order valence-corrected chi connectivity index (χ0v) is 9.41. The molecule has 0 amide bonds. The molecule has 6 heteroatoms. The van der Waals surface area contributed by atoms with Crippen LogP contribution in [0.15, 0.2) is 18.7 Å². The van der Waals surface area contributed by atoms with E-state index in [1.807, 2.05) is 7.05 Å². The summed E-state index contributed by atoms with van der Waals surface area (Å²) < 4.78 is 3.51. The molecule has 2 rings (SSSR count). The maximum Gasteiger partial charge on any atom is 0.139 e. The predicted molar refractivity (Wildman–Crippen MR) is 57.6 cm³/mol. The Balaban J connectivity index is 2.30. The standard InChI is InChI=1S/C10H15N5O/c1-3-4-15-9(6-12-13-15)10(16)8-5-11-7-14(8)2/h5-7,10,16H,3-4H2,1-2H3. The molecule has 2 heterocycles. The van der Waals surface area contributed by atoms with Crippen molar-refractivity contribution in [3.05, 3.63) is 30.1 Å². The first-order valence-corrected chi connectivity index (χ1v) is 5.26. The van der Waals surface area contributed by atoms with Gasteiger partial charge in [-0.05, 0) is 6.42 Å². The van der Waals surface area contributed by atoms with Crippen LogP contribution < -0.4 is 0 Å². The van der Waals surface area contributed by atoms with E-state index in [1.54, 1.807) is 28.0 Å². The number of aliphatic hydroxyl groups is 1. The van der Waals surface area contributed by atoms with Gasteiger partial charge in [0.15, 0.2) is 0 Å². The lowest BCUT2D eigenvalue weighted by Crippen LogP contribution is -2.12. The Morgan fingerprint density at radius 1 is 1.38 bits per heavy atom.